The standard InChI is InChI=1S/C12H9ClN2O2/c1-7-4-11(16)15(12(7)17)10-3-2-8(6-14)5-9(10)13/h2-3,5,7H,4H2,1H3. The van der Waals surface area contributed by atoms with E-state index in [1.807, 2.05) is 6.07 Å². The molecule has 4 nitrogen and oxygen atoms in total. The number of imide groups is 1. The number of benzene rings is 1. The molecule has 0 bridgehead atoms. The van der Waals surface area contributed by atoms with Gasteiger partial charge in [0, 0.05) is 12.3 Å². The quantitative estimate of drug-likeness (QED) is 0.715. The van der Waals surface area contributed by atoms with Gasteiger partial charge in [-0.15, -0.1) is 0 Å². The summed E-state index contributed by atoms with van der Waals surface area (Å²) < 4.78 is 0. The molecule has 1 atom stereocenters. The lowest BCUT2D eigenvalue weighted by molar-refractivity contribution is -0.122. The number of nitriles is 1. The first kappa shape index (κ1) is 11.6. The predicted molar refractivity (Wildman–Crippen MR) is 62.4 cm³/mol. The Labute approximate surface area is 103 Å². The molecule has 1 aromatic rings. The molecule has 2 amide bonds. The van der Waals surface area contributed by atoms with Crippen LogP contribution in [0.2, 0.25) is 5.02 Å². The van der Waals surface area contributed by atoms with Crippen LogP contribution in [0.25, 0.3) is 0 Å². The zero-order chi connectivity index (χ0) is 12.6. The molecule has 0 aliphatic carbocycles. The van der Waals surface area contributed by atoms with Crippen LogP contribution in [0, 0.1) is 17.2 Å². The Morgan fingerprint density at radius 1 is 1.47 bits per heavy atom. The summed E-state index contributed by atoms with van der Waals surface area (Å²) >= 11 is 5.97. The van der Waals surface area contributed by atoms with Crippen molar-refractivity contribution in [2.24, 2.45) is 5.92 Å². The second kappa shape index (κ2) is 4.19. The van der Waals surface area contributed by atoms with Crippen LogP contribution in [-0.4, -0.2) is 11.8 Å². The van der Waals surface area contributed by atoms with Crippen LogP contribution >= 0.6 is 11.6 Å². The molecule has 1 unspecified atom stereocenters. The third kappa shape index (κ3) is 1.90. The molecule has 1 heterocycles. The van der Waals surface area contributed by atoms with Gasteiger partial charge >= 0.3 is 0 Å². The molecule has 0 saturated carbocycles. The first-order valence-corrected chi connectivity index (χ1v) is 5.49. The van der Waals surface area contributed by atoms with Gasteiger partial charge in [-0.3, -0.25) is 9.59 Å². The monoisotopic (exact) mass is 248 g/mol. The van der Waals surface area contributed by atoms with Crippen molar-refractivity contribution in [1.82, 2.24) is 0 Å². The lowest BCUT2D eigenvalue weighted by Crippen LogP contribution is -2.30. The molecule has 0 N–H and O–H groups in total. The van der Waals surface area contributed by atoms with E-state index in [0.717, 1.165) is 4.90 Å². The molecular formula is C12H9ClN2O2. The van der Waals surface area contributed by atoms with E-state index in [9.17, 15) is 9.59 Å². The van der Waals surface area contributed by atoms with Crippen molar-refractivity contribution in [1.29, 1.82) is 5.26 Å². The van der Waals surface area contributed by atoms with E-state index in [1.165, 1.54) is 18.2 Å². The Balaban J connectivity index is 2.45. The minimum Gasteiger partial charge on any atom is -0.274 e. The summed E-state index contributed by atoms with van der Waals surface area (Å²) in [6.45, 7) is 1.71. The van der Waals surface area contributed by atoms with Gasteiger partial charge in [-0.05, 0) is 18.2 Å². The largest absolute Gasteiger partial charge is 0.274 e. The SMILES string of the molecule is CC1CC(=O)N(c2ccc(C#N)cc2Cl)C1=O. The molecule has 1 saturated heterocycles. The van der Waals surface area contributed by atoms with E-state index < -0.39 is 0 Å². The first-order valence-electron chi connectivity index (χ1n) is 5.11. The third-order valence-electron chi connectivity index (χ3n) is 2.69. The van der Waals surface area contributed by atoms with Gasteiger partial charge in [-0.25, -0.2) is 4.90 Å². The normalized spacial score (nSPS) is 19.6. The number of hydrogen-bond acceptors (Lipinski definition) is 3. The number of hydrogen-bond donors (Lipinski definition) is 0. The maximum absolute atomic E-state index is 11.8. The van der Waals surface area contributed by atoms with Crippen molar-refractivity contribution in [3.63, 3.8) is 0 Å². The molecular weight excluding hydrogens is 240 g/mol. The molecule has 1 aliphatic rings. The first-order chi connectivity index (χ1) is 8.04. The Bertz CT molecular complexity index is 548. The Hall–Kier alpha value is -1.86. The van der Waals surface area contributed by atoms with E-state index in [1.54, 1.807) is 6.92 Å². The lowest BCUT2D eigenvalue weighted by atomic mass is 10.1. The summed E-state index contributed by atoms with van der Waals surface area (Å²) in [5, 5.41) is 8.94. The van der Waals surface area contributed by atoms with Gasteiger partial charge in [-0.1, -0.05) is 18.5 Å². The number of carbonyl (C=O) groups is 2. The average molecular weight is 249 g/mol. The molecule has 5 heteroatoms. The zero-order valence-corrected chi connectivity index (χ0v) is 9.86. The Kier molecular flexibility index (Phi) is 2.86. The van der Waals surface area contributed by atoms with Crippen LogP contribution in [0.3, 0.4) is 0 Å². The number of halogens is 1. The molecule has 0 spiro atoms. The number of carbonyl (C=O) groups excluding carboxylic acids is 2. The van der Waals surface area contributed by atoms with Crippen molar-refractivity contribution in [2.45, 2.75) is 13.3 Å². The Morgan fingerprint density at radius 2 is 2.18 bits per heavy atom. The molecule has 0 radical (unpaired) electrons. The summed E-state index contributed by atoms with van der Waals surface area (Å²) in [6.07, 6.45) is 0.204. The summed E-state index contributed by atoms with van der Waals surface area (Å²) in [5.41, 5.74) is 0.746. The van der Waals surface area contributed by atoms with E-state index >= 15 is 0 Å². The molecule has 0 aromatic heterocycles. The fraction of sp³-hybridized carbons (Fsp3) is 0.250. The van der Waals surface area contributed by atoms with Crippen LogP contribution < -0.4 is 4.90 Å². The minimum absolute atomic E-state index is 0.204. The lowest BCUT2D eigenvalue weighted by Gasteiger charge is -2.15. The van der Waals surface area contributed by atoms with Crippen LogP contribution in [-0.2, 0) is 9.59 Å². The zero-order valence-electron chi connectivity index (χ0n) is 9.11. The molecule has 17 heavy (non-hydrogen) atoms. The molecule has 1 fully saturated rings. The predicted octanol–water partition coefficient (Wildman–Crippen LogP) is 2.11. The number of nitrogens with zero attached hydrogens (tertiary/aromatic N) is 2. The summed E-state index contributed by atoms with van der Waals surface area (Å²) in [4.78, 5) is 24.6. The Morgan fingerprint density at radius 3 is 2.65 bits per heavy atom. The van der Waals surface area contributed by atoms with Crippen LogP contribution in [0.15, 0.2) is 18.2 Å². The molecule has 2 rings (SSSR count). The summed E-state index contributed by atoms with van der Waals surface area (Å²) in [5.74, 6) is -0.815. The number of rotatable bonds is 1. The van der Waals surface area contributed by atoms with Crippen LogP contribution in [0.4, 0.5) is 5.69 Å². The summed E-state index contributed by atoms with van der Waals surface area (Å²) in [6, 6.07) is 6.44. The maximum atomic E-state index is 11.8. The highest BCUT2D eigenvalue weighted by molar-refractivity contribution is 6.36. The van der Waals surface area contributed by atoms with E-state index in [4.69, 9.17) is 16.9 Å². The smallest absolute Gasteiger partial charge is 0.237 e. The van der Waals surface area contributed by atoms with Gasteiger partial charge in [0.25, 0.3) is 0 Å². The average Bonchev–Trinajstić information content (AvgIpc) is 2.54. The van der Waals surface area contributed by atoms with Crippen LogP contribution in [0.1, 0.15) is 18.9 Å². The summed E-state index contributed by atoms with van der Waals surface area (Å²) in [7, 11) is 0. The topological polar surface area (TPSA) is 61.2 Å². The highest BCUT2D eigenvalue weighted by atomic mass is 35.5. The van der Waals surface area contributed by atoms with Crippen molar-refractivity contribution >= 4 is 29.1 Å². The fourth-order valence-electron chi connectivity index (χ4n) is 1.79. The van der Waals surface area contributed by atoms with Gasteiger partial charge in [0.05, 0.1) is 22.3 Å². The minimum atomic E-state index is -0.311. The van der Waals surface area contributed by atoms with Gasteiger partial charge in [0.15, 0.2) is 0 Å². The highest BCUT2D eigenvalue weighted by Gasteiger charge is 2.37. The van der Waals surface area contributed by atoms with Gasteiger partial charge in [0.2, 0.25) is 11.8 Å². The van der Waals surface area contributed by atoms with E-state index in [0.29, 0.717) is 11.3 Å². The molecule has 1 aromatic carbocycles. The van der Waals surface area contributed by atoms with Crippen molar-refractivity contribution in [2.75, 3.05) is 4.90 Å². The van der Waals surface area contributed by atoms with E-state index in [-0.39, 0.29) is 29.2 Å². The highest BCUT2D eigenvalue weighted by Crippen LogP contribution is 2.32. The van der Waals surface area contributed by atoms with Crippen molar-refractivity contribution in [3.05, 3.63) is 28.8 Å². The van der Waals surface area contributed by atoms with Crippen molar-refractivity contribution < 1.29 is 9.59 Å². The van der Waals surface area contributed by atoms with Gasteiger partial charge in [0.1, 0.15) is 0 Å². The molecule has 1 aliphatic heterocycles. The fourth-order valence-corrected chi connectivity index (χ4v) is 2.06. The van der Waals surface area contributed by atoms with Crippen LogP contribution in [0.5, 0.6) is 0 Å². The van der Waals surface area contributed by atoms with Crippen molar-refractivity contribution in [3.8, 4) is 6.07 Å². The maximum Gasteiger partial charge on any atom is 0.237 e. The second-order valence-corrected chi connectivity index (χ2v) is 4.36. The molecule has 86 valence electrons. The number of amides is 2. The second-order valence-electron chi connectivity index (χ2n) is 3.95. The van der Waals surface area contributed by atoms with Gasteiger partial charge in [-0.2, -0.15) is 5.26 Å². The van der Waals surface area contributed by atoms with Gasteiger partial charge < -0.3 is 0 Å². The van der Waals surface area contributed by atoms with E-state index in [2.05, 4.69) is 0 Å². The third-order valence-corrected chi connectivity index (χ3v) is 2.99. The number of anilines is 1.